The molecule has 0 amide bonds. The van der Waals surface area contributed by atoms with Crippen molar-refractivity contribution in [2.45, 2.75) is 81.6 Å². The molecule has 13 heteroatoms. The average Bonchev–Trinajstić information content (AvgIpc) is 3.02. The van der Waals surface area contributed by atoms with Crippen LogP contribution in [0.25, 0.3) is 0 Å². The van der Waals surface area contributed by atoms with Crippen LogP contribution < -0.4 is 14.2 Å². The Morgan fingerprint density at radius 1 is 1.07 bits per heavy atom. The van der Waals surface area contributed by atoms with E-state index in [9.17, 15) is 35.4 Å². The van der Waals surface area contributed by atoms with Gasteiger partial charge in [0.05, 0.1) is 26.9 Å². The van der Waals surface area contributed by atoms with E-state index >= 15 is 0 Å². The predicted molar refractivity (Wildman–Crippen MR) is 145 cm³/mol. The summed E-state index contributed by atoms with van der Waals surface area (Å²) in [5.74, 6) is -0.884. The summed E-state index contributed by atoms with van der Waals surface area (Å²) in [6.07, 6.45) is -3.33. The number of aromatic hydroxyl groups is 1. The third kappa shape index (κ3) is 5.82. The van der Waals surface area contributed by atoms with Crippen molar-refractivity contribution in [1.82, 2.24) is 0 Å². The molecule has 13 nitrogen and oxygen atoms in total. The largest absolute Gasteiger partial charge is 0.504 e. The number of rotatable bonds is 9. The normalized spacial score (nSPS) is 38.4. The Labute approximate surface area is 243 Å². The number of phenols is 1. The molecule has 2 aliphatic heterocycles. The summed E-state index contributed by atoms with van der Waals surface area (Å²) in [4.78, 5) is 12.5. The van der Waals surface area contributed by atoms with E-state index in [1.165, 1.54) is 32.4 Å². The van der Waals surface area contributed by atoms with Crippen LogP contribution in [-0.4, -0.2) is 112 Å². The molecule has 9 atom stereocenters. The molecule has 6 N–H and O–H groups in total. The number of carbonyl (C=O) groups excluding carboxylic acids is 1. The van der Waals surface area contributed by atoms with Crippen LogP contribution in [0.4, 0.5) is 0 Å². The van der Waals surface area contributed by atoms with Gasteiger partial charge in [0.15, 0.2) is 11.5 Å². The van der Waals surface area contributed by atoms with Gasteiger partial charge in [-0.2, -0.15) is 0 Å². The Bertz CT molecular complexity index is 1190. The topological polar surface area (TPSA) is 194 Å². The van der Waals surface area contributed by atoms with Crippen molar-refractivity contribution >= 4 is 5.97 Å². The number of hydrogen-bond donors (Lipinski definition) is 6. The standard InChI is InChI=1S/C29H40O13/c1-15(6-7-29(36)27(2)11-16(30)12-28(29,3)40-14-27)8-21(32)39-13-20-22(33)23(34)24(35)26(42-20)41-17-9-18(31)25(38-5)19(10-17)37-4/h6-10,16,20,22-24,26,30-31,33-36H,11-14H2,1-5H3/b7-6+,15-8+/t16-,20+,22+,23-,24+,26+,27-,28-,29-/m0/s1. The van der Waals surface area contributed by atoms with Crippen LogP contribution in [0, 0.1) is 5.41 Å². The van der Waals surface area contributed by atoms with Gasteiger partial charge >= 0.3 is 5.97 Å². The average molecular weight is 597 g/mol. The van der Waals surface area contributed by atoms with E-state index in [1.54, 1.807) is 26.0 Å². The number of aliphatic hydroxyl groups excluding tert-OH is 4. The van der Waals surface area contributed by atoms with Gasteiger partial charge in [-0.25, -0.2) is 4.79 Å². The van der Waals surface area contributed by atoms with Gasteiger partial charge in [-0.3, -0.25) is 0 Å². The van der Waals surface area contributed by atoms with E-state index < -0.39 is 66.0 Å². The number of esters is 1. The number of phenolic OH excluding ortho intramolecular Hbond substituents is 1. The van der Waals surface area contributed by atoms with Gasteiger partial charge in [-0.1, -0.05) is 13.0 Å². The van der Waals surface area contributed by atoms with Crippen molar-refractivity contribution in [3.05, 3.63) is 35.9 Å². The second-order valence-electron chi connectivity index (χ2n) is 11.6. The summed E-state index contributed by atoms with van der Waals surface area (Å²) in [5.41, 5.74) is -2.59. The highest BCUT2D eigenvalue weighted by Crippen LogP contribution is 2.57. The molecule has 42 heavy (non-hydrogen) atoms. The smallest absolute Gasteiger partial charge is 0.331 e. The Balaban J connectivity index is 1.39. The molecular weight excluding hydrogens is 556 g/mol. The monoisotopic (exact) mass is 596 g/mol. The Morgan fingerprint density at radius 3 is 2.43 bits per heavy atom. The van der Waals surface area contributed by atoms with Crippen molar-refractivity contribution in [2.75, 3.05) is 27.4 Å². The molecule has 234 valence electrons. The first-order valence-electron chi connectivity index (χ1n) is 13.6. The summed E-state index contributed by atoms with van der Waals surface area (Å²) in [5, 5.41) is 63.2. The van der Waals surface area contributed by atoms with Crippen molar-refractivity contribution in [2.24, 2.45) is 5.41 Å². The zero-order valence-electron chi connectivity index (χ0n) is 24.2. The van der Waals surface area contributed by atoms with Crippen molar-refractivity contribution in [3.63, 3.8) is 0 Å². The summed E-state index contributed by atoms with van der Waals surface area (Å²) in [7, 11) is 2.69. The first kappa shape index (κ1) is 32.0. The van der Waals surface area contributed by atoms with Gasteiger partial charge in [-0.05, 0) is 31.9 Å². The maximum absolute atomic E-state index is 12.5. The van der Waals surface area contributed by atoms with Gasteiger partial charge in [0.25, 0.3) is 0 Å². The molecule has 1 aromatic carbocycles. The van der Waals surface area contributed by atoms with E-state index in [1.807, 2.05) is 6.92 Å². The molecule has 1 saturated carbocycles. The summed E-state index contributed by atoms with van der Waals surface area (Å²) < 4.78 is 32.6. The minimum absolute atomic E-state index is 0.00886. The first-order valence-corrected chi connectivity index (χ1v) is 13.6. The molecule has 0 spiro atoms. The lowest BCUT2D eigenvalue weighted by atomic mass is 9.59. The summed E-state index contributed by atoms with van der Waals surface area (Å²) in [6, 6.07) is 2.56. The Morgan fingerprint density at radius 2 is 1.79 bits per heavy atom. The highest BCUT2D eigenvalue weighted by Gasteiger charge is 2.67. The van der Waals surface area contributed by atoms with E-state index in [2.05, 4.69) is 0 Å². The summed E-state index contributed by atoms with van der Waals surface area (Å²) >= 11 is 0. The van der Waals surface area contributed by atoms with Gasteiger partial charge in [0.1, 0.15) is 48.0 Å². The molecule has 1 aliphatic carbocycles. The SMILES string of the molecule is COc1cc(O[C@@H]2O[C@H](COC(=O)/C=C(C)/C=C/[C@]3(O)[C@]4(C)CO[C@@]3(C)C[C@@H](O)C4)[C@@H](O)[C@H](O)[C@H]2O)cc(O)c1OC. The molecule has 3 fully saturated rings. The number of hydrogen-bond acceptors (Lipinski definition) is 13. The fraction of sp³-hybridized carbons (Fsp3) is 0.621. The zero-order valence-corrected chi connectivity index (χ0v) is 24.2. The third-order valence-electron chi connectivity index (χ3n) is 8.42. The lowest BCUT2D eigenvalue weighted by Gasteiger charge is -2.49. The van der Waals surface area contributed by atoms with Crippen molar-refractivity contribution in [3.8, 4) is 23.0 Å². The van der Waals surface area contributed by atoms with E-state index in [4.69, 9.17) is 28.4 Å². The van der Waals surface area contributed by atoms with Crippen LogP contribution in [-0.2, 0) is 19.0 Å². The number of methoxy groups -OCH3 is 2. The molecule has 0 radical (unpaired) electrons. The first-order chi connectivity index (χ1) is 19.7. The highest BCUT2D eigenvalue weighted by molar-refractivity contribution is 5.83. The van der Waals surface area contributed by atoms with Gasteiger partial charge in [0, 0.05) is 30.0 Å². The van der Waals surface area contributed by atoms with E-state index in [0.717, 1.165) is 0 Å². The molecule has 2 saturated heterocycles. The number of allylic oxidation sites excluding steroid dienone is 2. The molecule has 2 heterocycles. The molecular formula is C29H40O13. The van der Waals surface area contributed by atoms with E-state index in [0.29, 0.717) is 12.0 Å². The second-order valence-corrected chi connectivity index (χ2v) is 11.6. The van der Waals surface area contributed by atoms with Crippen molar-refractivity contribution in [1.29, 1.82) is 0 Å². The fourth-order valence-electron chi connectivity index (χ4n) is 5.99. The zero-order chi connectivity index (χ0) is 31.0. The van der Waals surface area contributed by atoms with Crippen molar-refractivity contribution < 1.29 is 63.9 Å². The molecule has 4 rings (SSSR count). The Kier molecular flexibility index (Phi) is 9.14. The van der Waals surface area contributed by atoms with Crippen LogP contribution >= 0.6 is 0 Å². The second kappa shape index (κ2) is 12.0. The molecule has 1 aromatic rings. The maximum Gasteiger partial charge on any atom is 0.331 e. The molecule has 2 bridgehead atoms. The molecule has 0 aromatic heterocycles. The van der Waals surface area contributed by atoms with Gasteiger partial charge in [0.2, 0.25) is 12.0 Å². The van der Waals surface area contributed by atoms with Gasteiger partial charge in [-0.15, -0.1) is 0 Å². The molecule has 0 unspecified atom stereocenters. The fourth-order valence-corrected chi connectivity index (χ4v) is 5.99. The lowest BCUT2D eigenvalue weighted by Crippen LogP contribution is -2.60. The summed E-state index contributed by atoms with van der Waals surface area (Å²) in [6.45, 7) is 5.04. The van der Waals surface area contributed by atoms with Crippen LogP contribution in [0.2, 0.25) is 0 Å². The van der Waals surface area contributed by atoms with Crippen LogP contribution in [0.15, 0.2) is 35.9 Å². The number of benzene rings is 1. The van der Waals surface area contributed by atoms with Crippen LogP contribution in [0.3, 0.4) is 0 Å². The number of aliphatic hydroxyl groups is 5. The number of ether oxygens (including phenoxy) is 6. The maximum atomic E-state index is 12.5. The Hall–Kier alpha value is -2.91. The molecule has 3 aliphatic rings. The minimum atomic E-state index is -1.70. The predicted octanol–water partition coefficient (Wildman–Crippen LogP) is 0.322. The number of carbonyl (C=O) groups is 1. The van der Waals surface area contributed by atoms with Crippen LogP contribution in [0.5, 0.6) is 23.0 Å². The van der Waals surface area contributed by atoms with E-state index in [-0.39, 0.29) is 36.0 Å². The van der Waals surface area contributed by atoms with Crippen LogP contribution in [0.1, 0.15) is 33.6 Å². The third-order valence-corrected chi connectivity index (χ3v) is 8.42. The highest BCUT2D eigenvalue weighted by atomic mass is 16.7. The lowest BCUT2D eigenvalue weighted by molar-refractivity contribution is -0.278. The minimum Gasteiger partial charge on any atom is -0.504 e. The number of fused-ring (bicyclic) bond motifs is 2. The van der Waals surface area contributed by atoms with Gasteiger partial charge < -0.3 is 59.1 Å². The quantitative estimate of drug-likeness (QED) is 0.130.